The van der Waals surface area contributed by atoms with Crippen LogP contribution in [0.2, 0.25) is 0 Å². The quantitative estimate of drug-likeness (QED) is 0.914. The highest BCUT2D eigenvalue weighted by molar-refractivity contribution is 6.03. The van der Waals surface area contributed by atoms with E-state index in [-0.39, 0.29) is 17.3 Å². The fourth-order valence-corrected chi connectivity index (χ4v) is 2.64. The van der Waals surface area contributed by atoms with Crippen LogP contribution in [0.3, 0.4) is 0 Å². The minimum atomic E-state index is -0.509. The minimum absolute atomic E-state index is 0.0484. The van der Waals surface area contributed by atoms with Gasteiger partial charge in [0.25, 0.3) is 5.91 Å². The van der Waals surface area contributed by atoms with Crippen molar-refractivity contribution in [1.29, 1.82) is 0 Å². The number of hydrogen-bond acceptors (Lipinski definition) is 5. The van der Waals surface area contributed by atoms with Gasteiger partial charge in [-0.25, -0.2) is 14.4 Å². The lowest BCUT2D eigenvalue weighted by molar-refractivity contribution is -0.129. The molecule has 0 saturated carbocycles. The zero-order chi connectivity index (χ0) is 17.8. The molecule has 0 radical (unpaired) electrons. The first-order chi connectivity index (χ1) is 12.0. The molecule has 7 nitrogen and oxygen atoms in total. The summed E-state index contributed by atoms with van der Waals surface area (Å²) in [5.41, 5.74) is 0.255. The van der Waals surface area contributed by atoms with E-state index in [9.17, 15) is 14.0 Å². The van der Waals surface area contributed by atoms with E-state index in [1.165, 1.54) is 18.5 Å². The van der Waals surface area contributed by atoms with Crippen LogP contribution in [-0.4, -0.2) is 52.9 Å². The highest BCUT2D eigenvalue weighted by atomic mass is 19.1. The van der Waals surface area contributed by atoms with Gasteiger partial charge in [0, 0.05) is 39.2 Å². The van der Waals surface area contributed by atoms with Gasteiger partial charge in [-0.2, -0.15) is 0 Å². The molecule has 1 fully saturated rings. The SMILES string of the molecule is CC(=O)N1CCN(c2cc(C(=O)Nc3ccccc3F)ncn2)CC1. The highest BCUT2D eigenvalue weighted by Crippen LogP contribution is 2.17. The monoisotopic (exact) mass is 343 g/mol. The van der Waals surface area contributed by atoms with E-state index in [1.54, 1.807) is 30.0 Å². The number of hydrogen-bond donors (Lipinski definition) is 1. The molecule has 0 unspecified atom stereocenters. The third-order valence-corrected chi connectivity index (χ3v) is 4.06. The normalized spacial score (nSPS) is 14.3. The molecule has 2 heterocycles. The molecule has 2 amide bonds. The van der Waals surface area contributed by atoms with Crippen LogP contribution in [0.25, 0.3) is 0 Å². The summed E-state index contributed by atoms with van der Waals surface area (Å²) in [5.74, 6) is -0.356. The van der Waals surface area contributed by atoms with Crippen LogP contribution in [-0.2, 0) is 4.79 Å². The van der Waals surface area contributed by atoms with Gasteiger partial charge in [-0.05, 0) is 12.1 Å². The van der Waals surface area contributed by atoms with Crippen LogP contribution in [0, 0.1) is 5.82 Å². The fourth-order valence-electron chi connectivity index (χ4n) is 2.64. The van der Waals surface area contributed by atoms with Gasteiger partial charge in [-0.3, -0.25) is 9.59 Å². The molecule has 1 aliphatic rings. The van der Waals surface area contributed by atoms with Gasteiger partial charge in [-0.1, -0.05) is 12.1 Å². The third kappa shape index (κ3) is 3.90. The van der Waals surface area contributed by atoms with Crippen molar-refractivity contribution in [2.75, 3.05) is 36.4 Å². The van der Waals surface area contributed by atoms with Crippen molar-refractivity contribution >= 4 is 23.3 Å². The summed E-state index contributed by atoms with van der Waals surface area (Å²) in [6.07, 6.45) is 1.31. The molecule has 3 rings (SSSR count). The molecule has 0 bridgehead atoms. The first-order valence-electron chi connectivity index (χ1n) is 7.93. The van der Waals surface area contributed by atoms with Crippen molar-refractivity contribution in [3.63, 3.8) is 0 Å². The zero-order valence-electron chi connectivity index (χ0n) is 13.8. The number of halogens is 1. The summed E-state index contributed by atoms with van der Waals surface area (Å²) in [5, 5.41) is 2.50. The Morgan fingerprint density at radius 2 is 1.84 bits per heavy atom. The summed E-state index contributed by atoms with van der Waals surface area (Å²) in [7, 11) is 0. The van der Waals surface area contributed by atoms with E-state index in [2.05, 4.69) is 15.3 Å². The van der Waals surface area contributed by atoms with Gasteiger partial charge in [-0.15, -0.1) is 0 Å². The van der Waals surface area contributed by atoms with Gasteiger partial charge in [0.05, 0.1) is 5.69 Å². The van der Waals surface area contributed by atoms with Crippen LogP contribution in [0.15, 0.2) is 36.7 Å². The molecular formula is C17H18FN5O2. The number of carbonyl (C=O) groups is 2. The number of nitrogens with zero attached hydrogens (tertiary/aromatic N) is 4. The molecule has 1 N–H and O–H groups in total. The largest absolute Gasteiger partial charge is 0.353 e. The number of anilines is 2. The predicted molar refractivity (Wildman–Crippen MR) is 90.9 cm³/mol. The Kier molecular flexibility index (Phi) is 4.87. The number of amides is 2. The topological polar surface area (TPSA) is 78.4 Å². The number of carbonyl (C=O) groups excluding carboxylic acids is 2. The average Bonchev–Trinajstić information content (AvgIpc) is 2.64. The molecule has 1 aromatic heterocycles. The van der Waals surface area contributed by atoms with E-state index in [0.29, 0.717) is 32.0 Å². The van der Waals surface area contributed by atoms with E-state index in [4.69, 9.17) is 0 Å². The standard InChI is InChI=1S/C17H18FN5O2/c1-12(24)22-6-8-23(9-7-22)16-10-15(19-11-20-16)17(25)21-14-5-3-2-4-13(14)18/h2-5,10-11H,6-9H2,1H3,(H,21,25). The number of nitrogens with one attached hydrogen (secondary N) is 1. The zero-order valence-corrected chi connectivity index (χ0v) is 13.8. The summed E-state index contributed by atoms with van der Waals surface area (Å²) in [6.45, 7) is 4.02. The summed E-state index contributed by atoms with van der Waals surface area (Å²) in [4.78, 5) is 35.6. The first-order valence-corrected chi connectivity index (χ1v) is 7.93. The molecule has 1 saturated heterocycles. The molecule has 2 aromatic rings. The number of piperazine rings is 1. The van der Waals surface area contributed by atoms with Crippen LogP contribution >= 0.6 is 0 Å². The second-order valence-corrected chi connectivity index (χ2v) is 5.69. The summed E-state index contributed by atoms with van der Waals surface area (Å²) < 4.78 is 13.6. The Labute approximate surface area is 144 Å². The highest BCUT2D eigenvalue weighted by Gasteiger charge is 2.20. The van der Waals surface area contributed by atoms with E-state index in [1.807, 2.05) is 4.90 Å². The maximum absolute atomic E-state index is 13.6. The van der Waals surface area contributed by atoms with Crippen molar-refractivity contribution in [2.24, 2.45) is 0 Å². The van der Waals surface area contributed by atoms with Gasteiger partial charge in [0.15, 0.2) is 0 Å². The lowest BCUT2D eigenvalue weighted by Gasteiger charge is -2.34. The van der Waals surface area contributed by atoms with E-state index >= 15 is 0 Å². The number of rotatable bonds is 3. The molecule has 8 heteroatoms. The van der Waals surface area contributed by atoms with E-state index < -0.39 is 11.7 Å². The maximum atomic E-state index is 13.6. The Balaban J connectivity index is 1.70. The molecule has 130 valence electrons. The number of benzene rings is 1. The van der Waals surface area contributed by atoms with Crippen LogP contribution < -0.4 is 10.2 Å². The van der Waals surface area contributed by atoms with Gasteiger partial charge >= 0.3 is 0 Å². The fraction of sp³-hybridized carbons (Fsp3) is 0.294. The average molecular weight is 343 g/mol. The van der Waals surface area contributed by atoms with Gasteiger partial charge < -0.3 is 15.1 Å². The summed E-state index contributed by atoms with van der Waals surface area (Å²) >= 11 is 0. The van der Waals surface area contributed by atoms with Crippen LogP contribution in [0.1, 0.15) is 17.4 Å². The second-order valence-electron chi connectivity index (χ2n) is 5.69. The van der Waals surface area contributed by atoms with Gasteiger partial charge in [0.1, 0.15) is 23.7 Å². The lowest BCUT2D eigenvalue weighted by atomic mass is 10.2. The van der Waals surface area contributed by atoms with Crippen molar-refractivity contribution < 1.29 is 14.0 Å². The first kappa shape index (κ1) is 16.8. The molecule has 0 aliphatic carbocycles. The second kappa shape index (κ2) is 7.25. The van der Waals surface area contributed by atoms with Crippen molar-refractivity contribution in [1.82, 2.24) is 14.9 Å². The molecule has 0 atom stereocenters. The Hall–Kier alpha value is -3.03. The Bertz CT molecular complexity index is 790. The maximum Gasteiger partial charge on any atom is 0.274 e. The third-order valence-electron chi connectivity index (χ3n) is 4.06. The minimum Gasteiger partial charge on any atom is -0.353 e. The van der Waals surface area contributed by atoms with Crippen molar-refractivity contribution in [3.05, 3.63) is 48.2 Å². The van der Waals surface area contributed by atoms with Crippen molar-refractivity contribution in [2.45, 2.75) is 6.92 Å². The van der Waals surface area contributed by atoms with Crippen LogP contribution in [0.4, 0.5) is 15.9 Å². The van der Waals surface area contributed by atoms with Crippen LogP contribution in [0.5, 0.6) is 0 Å². The smallest absolute Gasteiger partial charge is 0.274 e. The Morgan fingerprint density at radius 1 is 1.12 bits per heavy atom. The molecule has 1 aromatic carbocycles. The number of aromatic nitrogens is 2. The predicted octanol–water partition coefficient (Wildman–Crippen LogP) is 1.54. The molecule has 25 heavy (non-hydrogen) atoms. The number of para-hydroxylation sites is 1. The lowest BCUT2D eigenvalue weighted by Crippen LogP contribution is -2.48. The molecule has 1 aliphatic heterocycles. The molecule has 0 spiro atoms. The molecular weight excluding hydrogens is 325 g/mol. The summed E-state index contributed by atoms with van der Waals surface area (Å²) in [6, 6.07) is 7.51. The Morgan fingerprint density at radius 3 is 2.52 bits per heavy atom. The van der Waals surface area contributed by atoms with Crippen molar-refractivity contribution in [3.8, 4) is 0 Å². The van der Waals surface area contributed by atoms with E-state index in [0.717, 1.165) is 0 Å². The van der Waals surface area contributed by atoms with Gasteiger partial charge in [0.2, 0.25) is 5.91 Å².